The highest BCUT2D eigenvalue weighted by atomic mass is 16.5. The SMILES string of the molecule is COc1cccc(C=NNC(=O)C(=O)Nc2ccc(C)c(C)c2)c1OC. The van der Waals surface area contributed by atoms with Crippen LogP contribution >= 0.6 is 0 Å². The van der Waals surface area contributed by atoms with E-state index >= 15 is 0 Å². The van der Waals surface area contributed by atoms with Crippen LogP contribution < -0.4 is 20.2 Å². The predicted molar refractivity (Wildman–Crippen MR) is 99.8 cm³/mol. The van der Waals surface area contributed by atoms with E-state index in [0.29, 0.717) is 22.7 Å². The fraction of sp³-hybridized carbons (Fsp3) is 0.211. The van der Waals surface area contributed by atoms with E-state index < -0.39 is 11.8 Å². The van der Waals surface area contributed by atoms with Crippen LogP contribution in [-0.4, -0.2) is 32.2 Å². The zero-order chi connectivity index (χ0) is 19.1. The molecule has 0 aliphatic carbocycles. The van der Waals surface area contributed by atoms with Crippen LogP contribution in [0.4, 0.5) is 5.69 Å². The number of rotatable bonds is 5. The molecule has 0 bridgehead atoms. The molecule has 2 aromatic carbocycles. The van der Waals surface area contributed by atoms with Gasteiger partial charge in [-0.05, 0) is 49.2 Å². The van der Waals surface area contributed by atoms with E-state index in [0.717, 1.165) is 11.1 Å². The van der Waals surface area contributed by atoms with E-state index in [1.807, 2.05) is 19.9 Å². The molecule has 2 rings (SSSR count). The fourth-order valence-corrected chi connectivity index (χ4v) is 2.23. The van der Waals surface area contributed by atoms with E-state index in [-0.39, 0.29) is 0 Å². The highest BCUT2D eigenvalue weighted by Crippen LogP contribution is 2.29. The highest BCUT2D eigenvalue weighted by molar-refractivity contribution is 6.39. The fourth-order valence-electron chi connectivity index (χ4n) is 2.23. The van der Waals surface area contributed by atoms with E-state index in [9.17, 15) is 9.59 Å². The molecule has 2 amide bonds. The minimum absolute atomic E-state index is 0.479. The van der Waals surface area contributed by atoms with Crippen LogP contribution in [0.5, 0.6) is 11.5 Å². The molecule has 2 N–H and O–H groups in total. The molecule has 0 saturated heterocycles. The molecule has 0 radical (unpaired) electrons. The molecule has 0 spiro atoms. The molecule has 0 unspecified atom stereocenters. The quantitative estimate of drug-likeness (QED) is 0.490. The van der Waals surface area contributed by atoms with E-state index in [1.54, 1.807) is 30.3 Å². The van der Waals surface area contributed by atoms with Crippen molar-refractivity contribution in [2.45, 2.75) is 13.8 Å². The van der Waals surface area contributed by atoms with Crippen molar-refractivity contribution in [3.05, 3.63) is 53.1 Å². The van der Waals surface area contributed by atoms with Gasteiger partial charge in [0.15, 0.2) is 11.5 Å². The Kier molecular flexibility index (Phi) is 6.32. The average Bonchev–Trinajstić information content (AvgIpc) is 2.64. The number of carbonyl (C=O) groups is 2. The summed E-state index contributed by atoms with van der Waals surface area (Å²) in [7, 11) is 3.03. The van der Waals surface area contributed by atoms with Crippen LogP contribution in [0.1, 0.15) is 16.7 Å². The largest absolute Gasteiger partial charge is 0.493 e. The zero-order valence-corrected chi connectivity index (χ0v) is 15.1. The topological polar surface area (TPSA) is 89.0 Å². The molecule has 0 aliphatic rings. The molecule has 0 saturated carbocycles. The number of benzene rings is 2. The van der Waals surface area contributed by atoms with Crippen LogP contribution in [0.2, 0.25) is 0 Å². The summed E-state index contributed by atoms with van der Waals surface area (Å²) in [5.41, 5.74) is 5.46. The number of hydrogen-bond donors (Lipinski definition) is 2. The molecular weight excluding hydrogens is 334 g/mol. The first-order valence-electron chi connectivity index (χ1n) is 7.89. The number of nitrogens with one attached hydrogen (secondary N) is 2. The Morgan fingerprint density at radius 3 is 2.42 bits per heavy atom. The van der Waals surface area contributed by atoms with Gasteiger partial charge in [-0.25, -0.2) is 5.43 Å². The Bertz CT molecular complexity index is 847. The number of carbonyl (C=O) groups excluding carboxylic acids is 2. The third-order valence-electron chi connectivity index (χ3n) is 3.77. The van der Waals surface area contributed by atoms with Gasteiger partial charge in [-0.15, -0.1) is 0 Å². The van der Waals surface area contributed by atoms with Gasteiger partial charge in [0.05, 0.1) is 20.4 Å². The normalized spacial score (nSPS) is 10.5. The monoisotopic (exact) mass is 355 g/mol. The molecule has 0 heterocycles. The molecule has 26 heavy (non-hydrogen) atoms. The first-order valence-corrected chi connectivity index (χ1v) is 7.89. The van der Waals surface area contributed by atoms with Crippen molar-refractivity contribution in [1.82, 2.24) is 5.43 Å². The second-order valence-corrected chi connectivity index (χ2v) is 5.54. The Balaban J connectivity index is 2.00. The molecule has 7 heteroatoms. The summed E-state index contributed by atoms with van der Waals surface area (Å²) in [6.07, 6.45) is 1.38. The van der Waals surface area contributed by atoms with Crippen molar-refractivity contribution in [2.24, 2.45) is 5.10 Å². The average molecular weight is 355 g/mol. The van der Waals surface area contributed by atoms with Crippen molar-refractivity contribution < 1.29 is 19.1 Å². The minimum atomic E-state index is -0.874. The van der Waals surface area contributed by atoms with Gasteiger partial charge in [0, 0.05) is 11.3 Å². The van der Waals surface area contributed by atoms with E-state index in [1.165, 1.54) is 20.4 Å². The Hall–Kier alpha value is -3.35. The number of amides is 2. The Morgan fingerprint density at radius 1 is 1.00 bits per heavy atom. The standard InChI is InChI=1S/C19H21N3O4/c1-12-8-9-15(10-13(12)2)21-18(23)19(24)22-20-11-14-6-5-7-16(25-3)17(14)26-4/h5-11H,1-4H3,(H,21,23)(H,22,24). The van der Waals surface area contributed by atoms with Crippen LogP contribution in [0.25, 0.3) is 0 Å². The molecule has 136 valence electrons. The summed E-state index contributed by atoms with van der Waals surface area (Å²) >= 11 is 0. The van der Waals surface area contributed by atoms with Gasteiger partial charge < -0.3 is 14.8 Å². The van der Waals surface area contributed by atoms with Crippen molar-refractivity contribution in [2.75, 3.05) is 19.5 Å². The lowest BCUT2D eigenvalue weighted by Crippen LogP contribution is -2.32. The lowest BCUT2D eigenvalue weighted by Gasteiger charge is -2.09. The maximum atomic E-state index is 11.9. The molecule has 0 fully saturated rings. The second-order valence-electron chi connectivity index (χ2n) is 5.54. The van der Waals surface area contributed by atoms with Crippen molar-refractivity contribution >= 4 is 23.7 Å². The molecule has 0 aromatic heterocycles. The van der Waals surface area contributed by atoms with Gasteiger partial charge in [-0.1, -0.05) is 12.1 Å². The lowest BCUT2D eigenvalue weighted by molar-refractivity contribution is -0.136. The summed E-state index contributed by atoms with van der Waals surface area (Å²) in [5, 5.41) is 6.33. The minimum Gasteiger partial charge on any atom is -0.493 e. The summed E-state index contributed by atoms with van der Waals surface area (Å²) < 4.78 is 10.5. The first kappa shape index (κ1) is 19.0. The number of nitrogens with zero attached hydrogens (tertiary/aromatic N) is 1. The van der Waals surface area contributed by atoms with Gasteiger partial charge in [-0.2, -0.15) is 5.10 Å². The van der Waals surface area contributed by atoms with Gasteiger partial charge in [0.1, 0.15) is 0 Å². The number of methoxy groups -OCH3 is 2. The number of aryl methyl sites for hydroxylation is 2. The molecule has 0 atom stereocenters. The van der Waals surface area contributed by atoms with Gasteiger partial charge >= 0.3 is 11.8 Å². The Morgan fingerprint density at radius 2 is 1.77 bits per heavy atom. The summed E-state index contributed by atoms with van der Waals surface area (Å²) in [6.45, 7) is 3.89. The highest BCUT2D eigenvalue weighted by Gasteiger charge is 2.13. The number of anilines is 1. The zero-order valence-electron chi connectivity index (χ0n) is 15.1. The summed E-state index contributed by atoms with van der Waals surface area (Å²) in [6, 6.07) is 10.6. The smallest absolute Gasteiger partial charge is 0.329 e. The van der Waals surface area contributed by atoms with E-state index in [4.69, 9.17) is 9.47 Å². The van der Waals surface area contributed by atoms with Gasteiger partial charge in [0.2, 0.25) is 0 Å². The van der Waals surface area contributed by atoms with Gasteiger partial charge in [0.25, 0.3) is 0 Å². The van der Waals surface area contributed by atoms with E-state index in [2.05, 4.69) is 15.8 Å². The van der Waals surface area contributed by atoms with Crippen molar-refractivity contribution in [1.29, 1.82) is 0 Å². The molecule has 0 aliphatic heterocycles. The van der Waals surface area contributed by atoms with Crippen molar-refractivity contribution in [3.8, 4) is 11.5 Å². The van der Waals surface area contributed by atoms with Crippen LogP contribution in [-0.2, 0) is 9.59 Å². The number of hydrogen-bond acceptors (Lipinski definition) is 5. The third-order valence-corrected chi connectivity index (χ3v) is 3.77. The maximum absolute atomic E-state index is 11.9. The number of ether oxygens (including phenoxy) is 2. The predicted octanol–water partition coefficient (Wildman–Crippen LogP) is 2.41. The summed E-state index contributed by atoms with van der Waals surface area (Å²) in [5.74, 6) is -0.660. The molecular formula is C19H21N3O4. The van der Waals surface area contributed by atoms with Gasteiger partial charge in [-0.3, -0.25) is 9.59 Å². The summed E-state index contributed by atoms with van der Waals surface area (Å²) in [4.78, 5) is 23.8. The molecule has 7 nitrogen and oxygen atoms in total. The lowest BCUT2D eigenvalue weighted by atomic mass is 10.1. The molecule has 2 aromatic rings. The Labute approximate surface area is 152 Å². The second kappa shape index (κ2) is 8.66. The first-order chi connectivity index (χ1) is 12.5. The maximum Gasteiger partial charge on any atom is 0.329 e. The van der Waals surface area contributed by atoms with Crippen molar-refractivity contribution in [3.63, 3.8) is 0 Å². The van der Waals surface area contributed by atoms with Crippen LogP contribution in [0.15, 0.2) is 41.5 Å². The number of hydrazone groups is 1. The van der Waals surface area contributed by atoms with Crippen LogP contribution in [0, 0.1) is 13.8 Å². The van der Waals surface area contributed by atoms with Crippen LogP contribution in [0.3, 0.4) is 0 Å². The number of para-hydroxylation sites is 1. The third kappa shape index (κ3) is 4.60.